The maximum atomic E-state index is 12.6. The first kappa shape index (κ1) is 16.8. The van der Waals surface area contributed by atoms with E-state index in [1.165, 1.54) is 24.3 Å². The number of nitrogens with one attached hydrogen (secondary N) is 1. The Morgan fingerprint density at radius 1 is 1.00 bits per heavy atom. The van der Waals surface area contributed by atoms with Crippen LogP contribution in [0.1, 0.15) is 22.8 Å². The van der Waals surface area contributed by atoms with Gasteiger partial charge in [-0.2, -0.15) is 0 Å². The van der Waals surface area contributed by atoms with Crippen molar-refractivity contribution in [2.24, 2.45) is 0 Å². The molecule has 0 bridgehead atoms. The Morgan fingerprint density at radius 3 is 2.04 bits per heavy atom. The number of hydrogen-bond acceptors (Lipinski definition) is 3. The van der Waals surface area contributed by atoms with Crippen LogP contribution in [0.2, 0.25) is 0 Å². The fourth-order valence-corrected chi connectivity index (χ4v) is 1.82. The lowest BCUT2D eigenvalue weighted by Crippen LogP contribution is -2.46. The summed E-state index contributed by atoms with van der Waals surface area (Å²) < 4.78 is 25.1. The van der Waals surface area contributed by atoms with Gasteiger partial charge in [-0.1, -0.05) is 30.3 Å². The first-order chi connectivity index (χ1) is 10.8. The molecule has 1 atom stereocenters. The molecule has 6 heteroatoms. The van der Waals surface area contributed by atoms with Crippen LogP contribution in [0.15, 0.2) is 54.6 Å². The molecule has 0 saturated heterocycles. The Kier molecular flexibility index (Phi) is 4.86. The third-order valence-corrected chi connectivity index (χ3v) is 3.33. The number of carbonyl (C=O) groups is 2. The molecular weight excluding hydrogens is 304 g/mol. The van der Waals surface area contributed by atoms with Gasteiger partial charge in [0.25, 0.3) is 12.3 Å². The number of amides is 1. The molecule has 0 radical (unpaired) electrons. The third kappa shape index (κ3) is 3.78. The van der Waals surface area contributed by atoms with Gasteiger partial charge in [0.15, 0.2) is 5.78 Å². The van der Waals surface area contributed by atoms with E-state index in [0.717, 1.165) is 6.92 Å². The van der Waals surface area contributed by atoms with E-state index in [9.17, 15) is 23.5 Å². The zero-order chi connectivity index (χ0) is 17.0. The molecule has 2 aromatic rings. The SMILES string of the molecule is CC(O)(C(=O)Nc1ccc(C(=O)c2ccccc2)cc1)C(F)F. The van der Waals surface area contributed by atoms with E-state index < -0.39 is 17.9 Å². The van der Waals surface area contributed by atoms with Crippen LogP contribution < -0.4 is 5.32 Å². The molecule has 0 aliphatic rings. The van der Waals surface area contributed by atoms with Gasteiger partial charge in [-0.15, -0.1) is 0 Å². The summed E-state index contributed by atoms with van der Waals surface area (Å²) in [5.41, 5.74) is -1.65. The van der Waals surface area contributed by atoms with E-state index in [2.05, 4.69) is 5.32 Å². The number of benzene rings is 2. The summed E-state index contributed by atoms with van der Waals surface area (Å²) in [5, 5.41) is 11.6. The van der Waals surface area contributed by atoms with Gasteiger partial charge in [0.1, 0.15) is 0 Å². The second kappa shape index (κ2) is 6.66. The zero-order valence-electron chi connectivity index (χ0n) is 12.3. The molecular formula is C17H15F2NO3. The number of ketones is 1. The van der Waals surface area contributed by atoms with Crippen LogP contribution in [0.5, 0.6) is 0 Å². The fourth-order valence-electron chi connectivity index (χ4n) is 1.82. The number of halogens is 2. The maximum Gasteiger partial charge on any atom is 0.275 e. The smallest absolute Gasteiger partial charge is 0.275 e. The lowest BCUT2D eigenvalue weighted by Gasteiger charge is -2.21. The van der Waals surface area contributed by atoms with Gasteiger partial charge in [0.2, 0.25) is 5.60 Å². The highest BCUT2D eigenvalue weighted by molar-refractivity contribution is 6.09. The van der Waals surface area contributed by atoms with E-state index in [1.807, 2.05) is 0 Å². The molecule has 1 amide bonds. The van der Waals surface area contributed by atoms with Crippen molar-refractivity contribution in [3.8, 4) is 0 Å². The van der Waals surface area contributed by atoms with Crippen molar-refractivity contribution in [2.75, 3.05) is 5.32 Å². The summed E-state index contributed by atoms with van der Waals surface area (Å²) in [6, 6.07) is 14.4. The van der Waals surface area contributed by atoms with Crippen LogP contribution in [0.3, 0.4) is 0 Å². The van der Waals surface area contributed by atoms with Crippen LogP contribution in [0.4, 0.5) is 14.5 Å². The van der Waals surface area contributed by atoms with Crippen LogP contribution >= 0.6 is 0 Å². The van der Waals surface area contributed by atoms with Crippen molar-refractivity contribution >= 4 is 17.4 Å². The summed E-state index contributed by atoms with van der Waals surface area (Å²) in [7, 11) is 0. The monoisotopic (exact) mass is 319 g/mol. The van der Waals surface area contributed by atoms with Gasteiger partial charge in [0, 0.05) is 16.8 Å². The second-order valence-corrected chi connectivity index (χ2v) is 5.17. The zero-order valence-corrected chi connectivity index (χ0v) is 12.3. The Labute approximate surface area is 131 Å². The van der Waals surface area contributed by atoms with Crippen molar-refractivity contribution in [3.63, 3.8) is 0 Å². The highest BCUT2D eigenvalue weighted by Gasteiger charge is 2.40. The number of rotatable bonds is 5. The fraction of sp³-hybridized carbons (Fsp3) is 0.176. The summed E-state index contributed by atoms with van der Waals surface area (Å²) in [6.07, 6.45) is -3.21. The van der Waals surface area contributed by atoms with Gasteiger partial charge < -0.3 is 10.4 Å². The highest BCUT2D eigenvalue weighted by Crippen LogP contribution is 2.19. The van der Waals surface area contributed by atoms with Crippen molar-refractivity contribution in [2.45, 2.75) is 19.0 Å². The van der Waals surface area contributed by atoms with Crippen LogP contribution in [-0.4, -0.2) is 28.8 Å². The Bertz CT molecular complexity index is 698. The van der Waals surface area contributed by atoms with Gasteiger partial charge in [-0.3, -0.25) is 9.59 Å². The van der Waals surface area contributed by atoms with Crippen LogP contribution in [0, 0.1) is 0 Å². The van der Waals surface area contributed by atoms with E-state index in [-0.39, 0.29) is 11.5 Å². The molecule has 4 nitrogen and oxygen atoms in total. The van der Waals surface area contributed by atoms with E-state index >= 15 is 0 Å². The molecule has 120 valence electrons. The van der Waals surface area contributed by atoms with Crippen molar-refractivity contribution in [1.82, 2.24) is 0 Å². The minimum absolute atomic E-state index is 0.192. The van der Waals surface area contributed by atoms with Crippen LogP contribution in [0.25, 0.3) is 0 Å². The van der Waals surface area contributed by atoms with Gasteiger partial charge in [-0.25, -0.2) is 8.78 Å². The average Bonchev–Trinajstić information content (AvgIpc) is 2.55. The predicted molar refractivity (Wildman–Crippen MR) is 81.6 cm³/mol. The molecule has 0 spiro atoms. The average molecular weight is 319 g/mol. The summed E-state index contributed by atoms with van der Waals surface area (Å²) in [4.78, 5) is 23.8. The number of aliphatic hydroxyl groups is 1. The quantitative estimate of drug-likeness (QED) is 0.833. The molecule has 2 rings (SSSR count). The molecule has 0 aromatic heterocycles. The largest absolute Gasteiger partial charge is 0.375 e. The van der Waals surface area contributed by atoms with E-state index in [0.29, 0.717) is 11.1 Å². The van der Waals surface area contributed by atoms with Gasteiger partial charge in [0.05, 0.1) is 0 Å². The van der Waals surface area contributed by atoms with E-state index in [1.54, 1.807) is 30.3 Å². The van der Waals surface area contributed by atoms with Gasteiger partial charge >= 0.3 is 0 Å². The van der Waals surface area contributed by atoms with Crippen molar-refractivity contribution in [1.29, 1.82) is 0 Å². The Balaban J connectivity index is 2.11. The lowest BCUT2D eigenvalue weighted by molar-refractivity contribution is -0.148. The Morgan fingerprint density at radius 2 is 1.52 bits per heavy atom. The Hall–Kier alpha value is -2.60. The topological polar surface area (TPSA) is 66.4 Å². The number of anilines is 1. The molecule has 0 aliphatic carbocycles. The molecule has 2 aromatic carbocycles. The molecule has 0 aliphatic heterocycles. The first-order valence-corrected chi connectivity index (χ1v) is 6.84. The van der Waals surface area contributed by atoms with Gasteiger partial charge in [-0.05, 0) is 31.2 Å². The van der Waals surface area contributed by atoms with E-state index in [4.69, 9.17) is 0 Å². The number of hydrogen-bond donors (Lipinski definition) is 2. The third-order valence-electron chi connectivity index (χ3n) is 3.33. The second-order valence-electron chi connectivity index (χ2n) is 5.17. The molecule has 1 unspecified atom stereocenters. The minimum atomic E-state index is -3.21. The first-order valence-electron chi connectivity index (χ1n) is 6.84. The number of carbonyl (C=O) groups excluding carboxylic acids is 2. The molecule has 0 saturated carbocycles. The highest BCUT2D eigenvalue weighted by atomic mass is 19.3. The van der Waals surface area contributed by atoms with Crippen molar-refractivity contribution < 1.29 is 23.5 Å². The minimum Gasteiger partial charge on any atom is -0.375 e. The normalized spacial score (nSPS) is 13.4. The lowest BCUT2D eigenvalue weighted by atomic mass is 10.0. The summed E-state index contributed by atoms with van der Waals surface area (Å²) in [5.74, 6) is -1.40. The molecule has 0 heterocycles. The predicted octanol–water partition coefficient (Wildman–Crippen LogP) is 2.87. The summed E-state index contributed by atoms with van der Waals surface area (Å²) >= 11 is 0. The summed E-state index contributed by atoms with van der Waals surface area (Å²) in [6.45, 7) is 0.736. The molecule has 0 fully saturated rings. The van der Waals surface area contributed by atoms with Crippen molar-refractivity contribution in [3.05, 3.63) is 65.7 Å². The van der Waals surface area contributed by atoms with Crippen LogP contribution in [-0.2, 0) is 4.79 Å². The standard InChI is InChI=1S/C17H15F2NO3/c1-17(23,15(18)19)16(22)20-13-9-7-12(8-10-13)14(21)11-5-3-2-4-6-11/h2-10,15,23H,1H3,(H,20,22). The maximum absolute atomic E-state index is 12.6. The molecule has 23 heavy (non-hydrogen) atoms. The number of alkyl halides is 2. The molecule has 2 N–H and O–H groups in total.